The minimum absolute atomic E-state index is 0.150. The van der Waals surface area contributed by atoms with Crippen molar-refractivity contribution in [1.29, 1.82) is 0 Å². The number of carbonyl (C=O) groups is 3. The van der Waals surface area contributed by atoms with Gasteiger partial charge in [0.05, 0.1) is 7.11 Å². The van der Waals surface area contributed by atoms with E-state index in [1.165, 1.54) is 0 Å². The monoisotopic (exact) mass is 447 g/mol. The zero-order valence-corrected chi connectivity index (χ0v) is 18.2. The molecule has 170 valence electrons. The first-order valence-electron chi connectivity index (χ1n) is 10.3. The van der Waals surface area contributed by atoms with E-state index in [1.807, 2.05) is 6.07 Å². The molecule has 8 heteroatoms. The van der Waals surface area contributed by atoms with E-state index in [4.69, 9.17) is 9.47 Å². The lowest BCUT2D eigenvalue weighted by atomic mass is 10.2. The van der Waals surface area contributed by atoms with Crippen LogP contribution in [0.3, 0.4) is 0 Å². The van der Waals surface area contributed by atoms with Crippen LogP contribution in [0.25, 0.3) is 0 Å². The van der Waals surface area contributed by atoms with Gasteiger partial charge in [-0.15, -0.1) is 0 Å². The van der Waals surface area contributed by atoms with Crippen LogP contribution in [0.2, 0.25) is 0 Å². The summed E-state index contributed by atoms with van der Waals surface area (Å²) in [5, 5.41) is 8.20. The van der Waals surface area contributed by atoms with Crippen LogP contribution < -0.4 is 25.4 Å². The maximum Gasteiger partial charge on any atom is 0.262 e. The van der Waals surface area contributed by atoms with Crippen molar-refractivity contribution >= 4 is 23.4 Å². The summed E-state index contributed by atoms with van der Waals surface area (Å²) in [6, 6.07) is 22.3. The molecule has 0 spiro atoms. The van der Waals surface area contributed by atoms with Gasteiger partial charge < -0.3 is 25.4 Å². The molecule has 0 saturated heterocycles. The number of hydrogen-bond donors (Lipinski definition) is 3. The van der Waals surface area contributed by atoms with Gasteiger partial charge in [0.2, 0.25) is 0 Å². The van der Waals surface area contributed by atoms with Crippen molar-refractivity contribution in [3.05, 3.63) is 90.0 Å². The van der Waals surface area contributed by atoms with Gasteiger partial charge in [-0.25, -0.2) is 0 Å². The minimum atomic E-state index is -0.322. The fraction of sp³-hybridized carbons (Fsp3) is 0.160. The van der Waals surface area contributed by atoms with Crippen LogP contribution in [0.15, 0.2) is 78.9 Å². The Bertz CT molecular complexity index is 1070. The van der Waals surface area contributed by atoms with Gasteiger partial charge in [-0.05, 0) is 60.7 Å². The van der Waals surface area contributed by atoms with Gasteiger partial charge in [0.1, 0.15) is 11.5 Å². The predicted molar refractivity (Wildman–Crippen MR) is 125 cm³/mol. The molecule has 0 fully saturated rings. The second-order valence-electron chi connectivity index (χ2n) is 6.97. The third kappa shape index (κ3) is 7.39. The molecule has 8 nitrogen and oxygen atoms in total. The number of nitrogens with one attached hydrogen (secondary N) is 3. The van der Waals surface area contributed by atoms with E-state index in [0.717, 1.165) is 0 Å². The van der Waals surface area contributed by atoms with Crippen molar-refractivity contribution < 1.29 is 23.9 Å². The molecule has 0 unspecified atom stereocenters. The van der Waals surface area contributed by atoms with Crippen LogP contribution in [0.5, 0.6) is 11.5 Å². The van der Waals surface area contributed by atoms with Gasteiger partial charge in [-0.2, -0.15) is 0 Å². The van der Waals surface area contributed by atoms with Crippen molar-refractivity contribution in [3.63, 3.8) is 0 Å². The predicted octanol–water partition coefficient (Wildman–Crippen LogP) is 2.87. The number of benzene rings is 3. The van der Waals surface area contributed by atoms with Crippen LogP contribution in [0, 0.1) is 0 Å². The molecule has 0 aliphatic heterocycles. The lowest BCUT2D eigenvalue weighted by Gasteiger charge is -2.09. The van der Waals surface area contributed by atoms with Gasteiger partial charge in [0.25, 0.3) is 17.7 Å². The average Bonchev–Trinajstić information content (AvgIpc) is 2.86. The van der Waals surface area contributed by atoms with Gasteiger partial charge >= 0.3 is 0 Å². The molecule has 0 aliphatic carbocycles. The Balaban J connectivity index is 1.38. The highest BCUT2D eigenvalue weighted by Crippen LogP contribution is 2.17. The van der Waals surface area contributed by atoms with E-state index >= 15 is 0 Å². The van der Waals surface area contributed by atoms with Gasteiger partial charge in [-0.3, -0.25) is 14.4 Å². The van der Waals surface area contributed by atoms with Crippen molar-refractivity contribution in [2.75, 3.05) is 32.1 Å². The number of methoxy groups -OCH3 is 1. The highest BCUT2D eigenvalue weighted by molar-refractivity contribution is 5.96. The molecular formula is C25H25N3O5. The summed E-state index contributed by atoms with van der Waals surface area (Å²) in [5.74, 6) is 0.466. The second kappa shape index (κ2) is 11.9. The Morgan fingerprint density at radius 3 is 1.82 bits per heavy atom. The minimum Gasteiger partial charge on any atom is -0.497 e. The number of amides is 3. The fourth-order valence-corrected chi connectivity index (χ4v) is 2.87. The number of anilines is 1. The van der Waals surface area contributed by atoms with Crippen molar-refractivity contribution in [2.24, 2.45) is 0 Å². The van der Waals surface area contributed by atoms with Gasteiger partial charge in [-0.1, -0.05) is 18.2 Å². The topological polar surface area (TPSA) is 106 Å². The van der Waals surface area contributed by atoms with Crippen LogP contribution in [-0.4, -0.2) is 44.5 Å². The highest BCUT2D eigenvalue weighted by Gasteiger charge is 2.08. The largest absolute Gasteiger partial charge is 0.497 e. The Labute approximate surface area is 191 Å². The number of carbonyl (C=O) groups excluding carboxylic acids is 3. The van der Waals surface area contributed by atoms with Crippen molar-refractivity contribution in [3.8, 4) is 11.5 Å². The summed E-state index contributed by atoms with van der Waals surface area (Å²) in [5.41, 5.74) is 1.55. The van der Waals surface area contributed by atoms with E-state index in [9.17, 15) is 14.4 Å². The molecule has 0 radical (unpaired) electrons. The standard InChI is InChI=1S/C25H25N3O5/c1-32-21-11-13-22(14-12-21)33-17-23(29)28-20-9-7-19(8-10-20)25(31)27-16-15-26-24(30)18-5-3-2-4-6-18/h2-14H,15-17H2,1H3,(H,26,30)(H,27,31)(H,28,29). The summed E-state index contributed by atoms with van der Waals surface area (Å²) in [4.78, 5) is 36.3. The first-order valence-corrected chi connectivity index (χ1v) is 10.3. The fourth-order valence-electron chi connectivity index (χ4n) is 2.87. The van der Waals surface area contributed by atoms with E-state index < -0.39 is 0 Å². The molecule has 33 heavy (non-hydrogen) atoms. The zero-order chi connectivity index (χ0) is 23.5. The molecule has 3 rings (SSSR count). The Morgan fingerprint density at radius 2 is 1.24 bits per heavy atom. The molecule has 0 bridgehead atoms. The van der Waals surface area contributed by atoms with Crippen LogP contribution >= 0.6 is 0 Å². The molecule has 3 N–H and O–H groups in total. The Hall–Kier alpha value is -4.33. The Morgan fingerprint density at radius 1 is 0.697 bits per heavy atom. The van der Waals surface area contributed by atoms with Crippen LogP contribution in [0.4, 0.5) is 5.69 Å². The molecule has 3 aromatic carbocycles. The summed E-state index contributed by atoms with van der Waals surface area (Å²) >= 11 is 0. The molecule has 3 aromatic rings. The highest BCUT2D eigenvalue weighted by atomic mass is 16.5. The quantitative estimate of drug-likeness (QED) is 0.415. The summed E-state index contributed by atoms with van der Waals surface area (Å²) in [6.45, 7) is 0.448. The van der Waals surface area contributed by atoms with Crippen LogP contribution in [-0.2, 0) is 4.79 Å². The molecule has 0 saturated carbocycles. The summed E-state index contributed by atoms with van der Waals surface area (Å²) in [6.07, 6.45) is 0. The summed E-state index contributed by atoms with van der Waals surface area (Å²) in [7, 11) is 1.57. The Kier molecular flexibility index (Phi) is 8.41. The number of rotatable bonds is 10. The van der Waals surface area contributed by atoms with Crippen molar-refractivity contribution in [2.45, 2.75) is 0 Å². The average molecular weight is 447 g/mol. The molecule has 0 heterocycles. The first kappa shape index (κ1) is 23.3. The van der Waals surface area contributed by atoms with Gasteiger partial charge in [0, 0.05) is 29.9 Å². The molecule has 0 aliphatic rings. The lowest BCUT2D eigenvalue weighted by molar-refractivity contribution is -0.118. The first-order chi connectivity index (χ1) is 16.0. The maximum atomic E-state index is 12.3. The van der Waals surface area contributed by atoms with E-state index in [2.05, 4.69) is 16.0 Å². The lowest BCUT2D eigenvalue weighted by Crippen LogP contribution is -2.34. The van der Waals surface area contributed by atoms with E-state index in [0.29, 0.717) is 41.4 Å². The number of ether oxygens (including phenoxy) is 2. The number of hydrogen-bond acceptors (Lipinski definition) is 5. The molecule has 0 atom stereocenters. The smallest absolute Gasteiger partial charge is 0.262 e. The van der Waals surface area contributed by atoms with Gasteiger partial charge in [0.15, 0.2) is 6.61 Å². The van der Waals surface area contributed by atoms with Crippen molar-refractivity contribution in [1.82, 2.24) is 10.6 Å². The van der Waals surface area contributed by atoms with Crippen LogP contribution in [0.1, 0.15) is 20.7 Å². The van der Waals surface area contributed by atoms with E-state index in [1.54, 1.807) is 79.9 Å². The third-order valence-electron chi connectivity index (χ3n) is 4.59. The summed E-state index contributed by atoms with van der Waals surface area (Å²) < 4.78 is 10.5. The third-order valence-corrected chi connectivity index (χ3v) is 4.59. The normalized spacial score (nSPS) is 10.1. The molecule has 3 amide bonds. The molecular weight excluding hydrogens is 422 g/mol. The zero-order valence-electron chi connectivity index (χ0n) is 18.2. The SMILES string of the molecule is COc1ccc(OCC(=O)Nc2ccc(C(=O)NCCNC(=O)c3ccccc3)cc2)cc1. The molecule has 0 aromatic heterocycles. The second-order valence-corrected chi connectivity index (χ2v) is 6.97. The van der Waals surface area contributed by atoms with E-state index in [-0.39, 0.29) is 24.3 Å². The maximum absolute atomic E-state index is 12.3.